The Bertz CT molecular complexity index is 1110. The van der Waals surface area contributed by atoms with E-state index in [2.05, 4.69) is 0 Å². The summed E-state index contributed by atoms with van der Waals surface area (Å²) in [7, 11) is 3.06. The minimum atomic E-state index is -0.612. The third-order valence-corrected chi connectivity index (χ3v) is 6.86. The zero-order valence-corrected chi connectivity index (χ0v) is 18.0. The van der Waals surface area contributed by atoms with Gasteiger partial charge < -0.3 is 19.0 Å². The molecule has 0 saturated carbocycles. The number of hydrogen-bond donors (Lipinski definition) is 0. The second-order valence-corrected chi connectivity index (χ2v) is 8.48. The molecule has 8 nitrogen and oxygen atoms in total. The predicted molar refractivity (Wildman–Crippen MR) is 112 cm³/mol. The molecule has 1 aromatic carbocycles. The summed E-state index contributed by atoms with van der Waals surface area (Å²) in [5.74, 6) is -1.06. The van der Waals surface area contributed by atoms with Gasteiger partial charge in [0, 0.05) is 38.0 Å². The second kappa shape index (κ2) is 7.83. The fourth-order valence-electron chi connectivity index (χ4n) is 5.01. The van der Waals surface area contributed by atoms with Gasteiger partial charge in [-0.15, -0.1) is 0 Å². The van der Waals surface area contributed by atoms with Gasteiger partial charge in [0.2, 0.25) is 11.8 Å². The number of methoxy groups -OCH3 is 1. The van der Waals surface area contributed by atoms with Crippen LogP contribution in [0.25, 0.3) is 11.0 Å². The molecule has 2 aliphatic heterocycles. The number of ether oxygens (including phenoxy) is 1. The molecule has 4 rings (SSSR count). The van der Waals surface area contributed by atoms with E-state index in [4.69, 9.17) is 9.15 Å². The number of piperidine rings is 1. The predicted octanol–water partition coefficient (Wildman–Crippen LogP) is 1.66. The molecule has 0 bridgehead atoms. The van der Waals surface area contributed by atoms with Gasteiger partial charge in [0.15, 0.2) is 0 Å². The third-order valence-electron chi connectivity index (χ3n) is 6.86. The number of aryl methyl sites for hydroxylation is 1. The summed E-state index contributed by atoms with van der Waals surface area (Å²) in [5.41, 5.74) is 0.984. The quantitative estimate of drug-likeness (QED) is 0.547. The second-order valence-electron chi connectivity index (χ2n) is 8.48. The molecule has 0 aliphatic carbocycles. The maximum absolute atomic E-state index is 13.0. The van der Waals surface area contributed by atoms with Crippen LogP contribution in [0.2, 0.25) is 0 Å². The van der Waals surface area contributed by atoms with Crippen LogP contribution in [-0.2, 0) is 25.5 Å². The summed E-state index contributed by atoms with van der Waals surface area (Å²) >= 11 is 0. The number of rotatable bonds is 3. The number of benzene rings is 1. The van der Waals surface area contributed by atoms with Gasteiger partial charge in [-0.1, -0.05) is 12.1 Å². The van der Waals surface area contributed by atoms with E-state index in [-0.39, 0.29) is 30.6 Å². The standard InChI is InChI=1S/C23H26N2O6/c1-14-4-5-16-15(12-21(28)31-18(16)10-14)11-20(27)25-8-6-23(7-9-25)17(22(29)30-3)13-19(26)24(23)2/h4-5,10,12,17H,6-9,11,13H2,1-3H3. The lowest BCUT2D eigenvalue weighted by Gasteiger charge is -2.45. The van der Waals surface area contributed by atoms with Crippen molar-refractivity contribution in [2.45, 2.75) is 38.1 Å². The summed E-state index contributed by atoms with van der Waals surface area (Å²) in [4.78, 5) is 53.0. The lowest BCUT2D eigenvalue weighted by atomic mass is 9.77. The Morgan fingerprint density at radius 3 is 2.58 bits per heavy atom. The molecule has 0 N–H and O–H groups in total. The molecule has 1 spiro atoms. The molecule has 2 amide bonds. The largest absolute Gasteiger partial charge is 0.469 e. The van der Waals surface area contributed by atoms with E-state index in [0.717, 1.165) is 10.9 Å². The number of likely N-dealkylation sites (tertiary alicyclic amines) is 2. The topological polar surface area (TPSA) is 97.1 Å². The SMILES string of the molecule is COC(=O)C1CC(=O)N(C)C12CCN(C(=O)Cc1cc(=O)oc3cc(C)ccc13)CC2. The summed E-state index contributed by atoms with van der Waals surface area (Å²) in [6, 6.07) is 6.94. The summed E-state index contributed by atoms with van der Waals surface area (Å²) < 4.78 is 10.2. The van der Waals surface area contributed by atoms with Crippen LogP contribution >= 0.6 is 0 Å². The first kappa shape index (κ1) is 21.1. The minimum absolute atomic E-state index is 0.0760. The first-order chi connectivity index (χ1) is 14.7. The molecule has 1 atom stereocenters. The first-order valence-corrected chi connectivity index (χ1v) is 10.4. The molecule has 0 radical (unpaired) electrons. The van der Waals surface area contributed by atoms with E-state index >= 15 is 0 Å². The highest BCUT2D eigenvalue weighted by Crippen LogP contribution is 2.43. The average molecular weight is 426 g/mol. The van der Waals surface area contributed by atoms with Gasteiger partial charge in [-0.3, -0.25) is 14.4 Å². The van der Waals surface area contributed by atoms with Crippen molar-refractivity contribution >= 4 is 28.8 Å². The average Bonchev–Trinajstić information content (AvgIpc) is 2.98. The molecule has 2 aromatic rings. The fraction of sp³-hybridized carbons (Fsp3) is 0.478. The number of fused-ring (bicyclic) bond motifs is 1. The Kier molecular flexibility index (Phi) is 5.33. The summed E-state index contributed by atoms with van der Waals surface area (Å²) in [6.07, 6.45) is 1.25. The Morgan fingerprint density at radius 2 is 1.90 bits per heavy atom. The third kappa shape index (κ3) is 3.60. The van der Waals surface area contributed by atoms with Crippen LogP contribution in [0.1, 0.15) is 30.4 Å². The van der Waals surface area contributed by atoms with Crippen LogP contribution in [0, 0.1) is 12.8 Å². The Labute approximate surface area is 179 Å². The number of hydrogen-bond acceptors (Lipinski definition) is 6. The van der Waals surface area contributed by atoms with Gasteiger partial charge in [0.1, 0.15) is 5.58 Å². The number of carbonyl (C=O) groups is 3. The van der Waals surface area contributed by atoms with Crippen molar-refractivity contribution in [1.82, 2.24) is 9.80 Å². The monoisotopic (exact) mass is 426 g/mol. The van der Waals surface area contributed by atoms with Crippen LogP contribution < -0.4 is 5.63 Å². The zero-order chi connectivity index (χ0) is 22.3. The molecule has 1 unspecified atom stereocenters. The smallest absolute Gasteiger partial charge is 0.336 e. The van der Waals surface area contributed by atoms with E-state index in [9.17, 15) is 19.2 Å². The van der Waals surface area contributed by atoms with Crippen molar-refractivity contribution < 1.29 is 23.5 Å². The van der Waals surface area contributed by atoms with Crippen molar-refractivity contribution in [2.24, 2.45) is 5.92 Å². The van der Waals surface area contributed by atoms with Crippen molar-refractivity contribution in [1.29, 1.82) is 0 Å². The normalized spacial score (nSPS) is 20.5. The zero-order valence-electron chi connectivity index (χ0n) is 18.0. The number of esters is 1. The molecular weight excluding hydrogens is 400 g/mol. The molecule has 2 aliphatic rings. The molecule has 2 fully saturated rings. The van der Waals surface area contributed by atoms with Crippen LogP contribution in [-0.4, -0.2) is 60.4 Å². The Balaban J connectivity index is 1.52. The Hall–Kier alpha value is -3.16. The van der Waals surface area contributed by atoms with Gasteiger partial charge in [0.05, 0.1) is 25.0 Å². The van der Waals surface area contributed by atoms with Crippen molar-refractivity contribution in [3.8, 4) is 0 Å². The minimum Gasteiger partial charge on any atom is -0.469 e. The maximum atomic E-state index is 13.0. The highest BCUT2D eigenvalue weighted by Gasteiger charge is 2.55. The highest BCUT2D eigenvalue weighted by molar-refractivity contribution is 5.89. The maximum Gasteiger partial charge on any atom is 0.336 e. The van der Waals surface area contributed by atoms with Crippen LogP contribution in [0.15, 0.2) is 33.5 Å². The van der Waals surface area contributed by atoms with Gasteiger partial charge in [-0.2, -0.15) is 0 Å². The molecular formula is C23H26N2O6. The first-order valence-electron chi connectivity index (χ1n) is 10.4. The Morgan fingerprint density at radius 1 is 1.19 bits per heavy atom. The molecule has 8 heteroatoms. The lowest BCUT2D eigenvalue weighted by molar-refractivity contribution is -0.150. The molecule has 3 heterocycles. The molecule has 31 heavy (non-hydrogen) atoms. The lowest BCUT2D eigenvalue weighted by Crippen LogP contribution is -2.57. The molecule has 1 aromatic heterocycles. The summed E-state index contributed by atoms with van der Waals surface area (Å²) in [5, 5.41) is 0.749. The van der Waals surface area contributed by atoms with E-state index in [1.807, 2.05) is 19.1 Å². The summed E-state index contributed by atoms with van der Waals surface area (Å²) in [6.45, 7) is 2.78. The number of nitrogens with zero attached hydrogens (tertiary/aromatic N) is 2. The molecule has 164 valence electrons. The van der Waals surface area contributed by atoms with Crippen molar-refractivity contribution in [3.63, 3.8) is 0 Å². The van der Waals surface area contributed by atoms with Gasteiger partial charge in [0.25, 0.3) is 0 Å². The highest BCUT2D eigenvalue weighted by atomic mass is 16.5. The van der Waals surface area contributed by atoms with Crippen molar-refractivity contribution in [2.75, 3.05) is 27.2 Å². The van der Waals surface area contributed by atoms with Crippen LogP contribution in [0.3, 0.4) is 0 Å². The van der Waals surface area contributed by atoms with Gasteiger partial charge >= 0.3 is 11.6 Å². The van der Waals surface area contributed by atoms with Crippen LogP contribution in [0.4, 0.5) is 0 Å². The van der Waals surface area contributed by atoms with Gasteiger partial charge in [-0.25, -0.2) is 4.79 Å². The van der Waals surface area contributed by atoms with E-state index < -0.39 is 17.1 Å². The van der Waals surface area contributed by atoms with E-state index in [0.29, 0.717) is 37.1 Å². The number of amides is 2. The van der Waals surface area contributed by atoms with E-state index in [1.54, 1.807) is 22.9 Å². The fourth-order valence-corrected chi connectivity index (χ4v) is 5.01. The van der Waals surface area contributed by atoms with Crippen molar-refractivity contribution in [3.05, 3.63) is 45.8 Å². The number of carbonyl (C=O) groups excluding carboxylic acids is 3. The van der Waals surface area contributed by atoms with Gasteiger partial charge in [-0.05, 0) is 37.0 Å². The molecule has 2 saturated heterocycles. The van der Waals surface area contributed by atoms with Crippen LogP contribution in [0.5, 0.6) is 0 Å². The van der Waals surface area contributed by atoms with E-state index in [1.165, 1.54) is 13.2 Å².